The summed E-state index contributed by atoms with van der Waals surface area (Å²) in [6.45, 7) is 0. The van der Waals surface area contributed by atoms with E-state index in [9.17, 15) is 0 Å². The lowest BCUT2D eigenvalue weighted by Crippen LogP contribution is -2.01. The summed E-state index contributed by atoms with van der Waals surface area (Å²) >= 11 is 0. The van der Waals surface area contributed by atoms with Gasteiger partial charge in [-0.2, -0.15) is 0 Å². The minimum atomic E-state index is 0.618. The number of fused-ring (bicyclic) bond motifs is 7. The van der Waals surface area contributed by atoms with E-state index in [1.165, 1.54) is 21.9 Å². The molecule has 0 unspecified atom stereocenters. The molecule has 0 aliphatic heterocycles. The molecule has 2 heterocycles. The van der Waals surface area contributed by atoms with E-state index in [1.54, 1.807) is 0 Å². The number of benzene rings is 8. The molecule has 0 saturated heterocycles. The van der Waals surface area contributed by atoms with Crippen molar-refractivity contribution in [2.75, 3.05) is 0 Å². The van der Waals surface area contributed by atoms with Crippen molar-refractivity contribution in [1.82, 2.24) is 15.0 Å². The first kappa shape index (κ1) is 27.5. The summed E-state index contributed by atoms with van der Waals surface area (Å²) in [5.41, 5.74) is 6.95. The van der Waals surface area contributed by atoms with E-state index >= 15 is 0 Å². The second-order valence-corrected chi connectivity index (χ2v) is 12.3. The normalized spacial score (nSPS) is 11.7. The molecule has 0 bridgehead atoms. The number of furan rings is 1. The molecular weight excluding hydrogens is 599 g/mol. The van der Waals surface area contributed by atoms with Crippen molar-refractivity contribution in [2.45, 2.75) is 0 Å². The Morgan fingerprint density at radius 3 is 1.55 bits per heavy atom. The van der Waals surface area contributed by atoms with E-state index < -0.39 is 0 Å². The smallest absolute Gasteiger partial charge is 0.164 e. The first-order valence-electron chi connectivity index (χ1n) is 16.5. The zero-order chi connectivity index (χ0) is 32.3. The Hall–Kier alpha value is -6.65. The monoisotopic (exact) mass is 625 g/mol. The molecule has 4 heteroatoms. The van der Waals surface area contributed by atoms with Gasteiger partial charge in [0.2, 0.25) is 0 Å². The number of aromatic nitrogens is 3. The molecule has 0 spiro atoms. The van der Waals surface area contributed by atoms with Crippen LogP contribution in [0.15, 0.2) is 168 Å². The molecule has 4 nitrogen and oxygen atoms in total. The summed E-state index contributed by atoms with van der Waals surface area (Å²) in [5, 5.41) is 8.95. The third kappa shape index (κ3) is 4.42. The molecule has 2 aromatic heterocycles. The largest absolute Gasteiger partial charge is 0.455 e. The second-order valence-electron chi connectivity index (χ2n) is 12.3. The molecule has 0 aliphatic rings. The molecular formula is C45H27N3O. The van der Waals surface area contributed by atoms with E-state index in [4.69, 9.17) is 19.4 Å². The molecule has 8 aromatic carbocycles. The molecule has 0 radical (unpaired) electrons. The molecule has 0 atom stereocenters. The van der Waals surface area contributed by atoms with Gasteiger partial charge in [-0.25, -0.2) is 15.0 Å². The lowest BCUT2D eigenvalue weighted by molar-refractivity contribution is 0.672. The van der Waals surface area contributed by atoms with Crippen LogP contribution in [-0.2, 0) is 0 Å². The van der Waals surface area contributed by atoms with Gasteiger partial charge in [0.1, 0.15) is 11.2 Å². The lowest BCUT2D eigenvalue weighted by atomic mass is 9.92. The van der Waals surface area contributed by atoms with Crippen molar-refractivity contribution in [3.63, 3.8) is 0 Å². The Balaban J connectivity index is 1.21. The van der Waals surface area contributed by atoms with Gasteiger partial charge in [0, 0.05) is 32.8 Å². The first-order valence-corrected chi connectivity index (χ1v) is 16.5. The molecule has 0 fully saturated rings. The minimum absolute atomic E-state index is 0.618. The number of nitrogens with zero attached hydrogens (tertiary/aromatic N) is 3. The summed E-state index contributed by atoms with van der Waals surface area (Å²) in [5.74, 6) is 1.88. The number of hydrogen-bond donors (Lipinski definition) is 0. The number of para-hydroxylation sites is 1. The van der Waals surface area contributed by atoms with Crippen molar-refractivity contribution in [3.8, 4) is 45.3 Å². The van der Waals surface area contributed by atoms with Crippen LogP contribution in [0.4, 0.5) is 0 Å². The van der Waals surface area contributed by atoms with Gasteiger partial charge in [-0.1, -0.05) is 152 Å². The maximum absolute atomic E-state index is 6.41. The highest BCUT2D eigenvalue weighted by Gasteiger charge is 2.18. The average molecular weight is 626 g/mol. The second kappa shape index (κ2) is 11.0. The zero-order valence-corrected chi connectivity index (χ0v) is 26.3. The zero-order valence-electron chi connectivity index (χ0n) is 26.3. The fourth-order valence-corrected chi connectivity index (χ4v) is 7.27. The van der Waals surface area contributed by atoms with Crippen LogP contribution in [0, 0.1) is 0 Å². The Morgan fingerprint density at radius 2 is 0.776 bits per heavy atom. The van der Waals surface area contributed by atoms with E-state index in [2.05, 4.69) is 115 Å². The Labute approximate surface area is 282 Å². The molecule has 0 amide bonds. The van der Waals surface area contributed by atoms with Crippen LogP contribution in [0.2, 0.25) is 0 Å². The van der Waals surface area contributed by atoms with Gasteiger partial charge in [-0.05, 0) is 50.2 Å². The van der Waals surface area contributed by atoms with Gasteiger partial charge in [-0.3, -0.25) is 0 Å². The first-order chi connectivity index (χ1) is 24.3. The lowest BCUT2D eigenvalue weighted by Gasteiger charge is -2.14. The molecule has 49 heavy (non-hydrogen) atoms. The van der Waals surface area contributed by atoms with Gasteiger partial charge in [0.15, 0.2) is 17.5 Å². The van der Waals surface area contributed by atoms with Gasteiger partial charge in [0.05, 0.1) is 0 Å². The molecule has 10 rings (SSSR count). The Bertz CT molecular complexity index is 2890. The molecule has 0 N–H and O–H groups in total. The van der Waals surface area contributed by atoms with Crippen LogP contribution in [0.25, 0.3) is 99.5 Å². The van der Waals surface area contributed by atoms with Crippen LogP contribution in [-0.4, -0.2) is 15.0 Å². The highest BCUT2D eigenvalue weighted by Crippen LogP contribution is 2.40. The standard InChI is InChI=1S/C45H27N3O/c1-2-13-29(14-3-1)43-46-44(39-23-10-20-33-32(19-9-21-34(33)39)31-18-8-15-28-12-4-5-16-30(28)31)48-45(47-43)40-24-11-22-37-35(40)26-27-38-36-17-6-7-25-41(36)49-42(37)38/h1-27H. The average Bonchev–Trinajstić information content (AvgIpc) is 3.56. The van der Waals surface area contributed by atoms with E-state index in [0.717, 1.165) is 60.2 Å². The predicted molar refractivity (Wildman–Crippen MR) is 201 cm³/mol. The molecule has 228 valence electrons. The summed E-state index contributed by atoms with van der Waals surface area (Å²) in [6, 6.07) is 56.9. The Kier molecular flexibility index (Phi) is 6.15. The molecule has 0 aliphatic carbocycles. The van der Waals surface area contributed by atoms with Gasteiger partial charge < -0.3 is 4.42 Å². The fraction of sp³-hybridized carbons (Fsp3) is 0. The maximum Gasteiger partial charge on any atom is 0.164 e. The van der Waals surface area contributed by atoms with Crippen molar-refractivity contribution in [2.24, 2.45) is 0 Å². The molecule has 10 aromatic rings. The number of rotatable bonds is 4. The highest BCUT2D eigenvalue weighted by atomic mass is 16.3. The van der Waals surface area contributed by atoms with Crippen LogP contribution in [0.1, 0.15) is 0 Å². The van der Waals surface area contributed by atoms with E-state index in [1.807, 2.05) is 48.5 Å². The van der Waals surface area contributed by atoms with Crippen LogP contribution >= 0.6 is 0 Å². The topological polar surface area (TPSA) is 51.8 Å². The third-order valence-corrected chi connectivity index (χ3v) is 9.55. The SMILES string of the molecule is c1ccc(-c2nc(-c3cccc4c(-c5cccc6ccccc56)cccc34)nc(-c3cccc4c3ccc3c5ccccc5oc43)n2)cc1. The van der Waals surface area contributed by atoms with Gasteiger partial charge in [0.25, 0.3) is 0 Å². The summed E-state index contributed by atoms with van der Waals surface area (Å²) in [7, 11) is 0. The van der Waals surface area contributed by atoms with Gasteiger partial charge >= 0.3 is 0 Å². The van der Waals surface area contributed by atoms with E-state index in [-0.39, 0.29) is 0 Å². The van der Waals surface area contributed by atoms with E-state index in [0.29, 0.717) is 17.5 Å². The van der Waals surface area contributed by atoms with Crippen molar-refractivity contribution < 1.29 is 4.42 Å². The van der Waals surface area contributed by atoms with Crippen LogP contribution in [0.5, 0.6) is 0 Å². The quantitative estimate of drug-likeness (QED) is 0.195. The summed E-state index contributed by atoms with van der Waals surface area (Å²) < 4.78 is 6.41. The van der Waals surface area contributed by atoms with Crippen molar-refractivity contribution in [1.29, 1.82) is 0 Å². The minimum Gasteiger partial charge on any atom is -0.455 e. The van der Waals surface area contributed by atoms with Crippen LogP contribution < -0.4 is 0 Å². The molecule has 0 saturated carbocycles. The van der Waals surface area contributed by atoms with Gasteiger partial charge in [-0.15, -0.1) is 0 Å². The van der Waals surface area contributed by atoms with Crippen molar-refractivity contribution in [3.05, 3.63) is 164 Å². The Morgan fingerprint density at radius 1 is 0.306 bits per heavy atom. The highest BCUT2D eigenvalue weighted by molar-refractivity contribution is 6.17. The maximum atomic E-state index is 6.41. The van der Waals surface area contributed by atoms with Crippen molar-refractivity contribution >= 4 is 54.3 Å². The summed E-state index contributed by atoms with van der Waals surface area (Å²) in [4.78, 5) is 15.4. The fourth-order valence-electron chi connectivity index (χ4n) is 7.27. The number of hydrogen-bond acceptors (Lipinski definition) is 4. The predicted octanol–water partition coefficient (Wildman–Crippen LogP) is 11.9. The van der Waals surface area contributed by atoms with Crippen LogP contribution in [0.3, 0.4) is 0 Å². The third-order valence-electron chi connectivity index (χ3n) is 9.55. The summed E-state index contributed by atoms with van der Waals surface area (Å²) in [6.07, 6.45) is 0.